The molecule has 0 aliphatic rings. The molecule has 3 N–H and O–H groups in total. The SMILES string of the molecule is COC(C)C(O)C(O)C(C)O. The van der Waals surface area contributed by atoms with Crippen LogP contribution >= 0.6 is 0 Å². The monoisotopic (exact) mass is 164 g/mol. The topological polar surface area (TPSA) is 69.9 Å². The maximum absolute atomic E-state index is 9.22. The molecule has 0 bridgehead atoms. The predicted octanol–water partition coefficient (Wildman–Crippen LogP) is -0.876. The van der Waals surface area contributed by atoms with Crippen LogP contribution in [-0.2, 0) is 4.74 Å². The molecular weight excluding hydrogens is 148 g/mol. The average molecular weight is 164 g/mol. The van der Waals surface area contributed by atoms with Crippen molar-refractivity contribution in [3.63, 3.8) is 0 Å². The largest absolute Gasteiger partial charge is 0.391 e. The van der Waals surface area contributed by atoms with Gasteiger partial charge >= 0.3 is 0 Å². The van der Waals surface area contributed by atoms with Crippen LogP contribution in [0.3, 0.4) is 0 Å². The summed E-state index contributed by atoms with van der Waals surface area (Å²) in [5.41, 5.74) is 0. The molecule has 0 fully saturated rings. The van der Waals surface area contributed by atoms with Crippen LogP contribution in [0.25, 0.3) is 0 Å². The van der Waals surface area contributed by atoms with E-state index < -0.39 is 24.4 Å². The van der Waals surface area contributed by atoms with Gasteiger partial charge < -0.3 is 20.1 Å². The van der Waals surface area contributed by atoms with E-state index in [0.29, 0.717) is 0 Å². The zero-order valence-corrected chi connectivity index (χ0v) is 7.06. The molecule has 0 aromatic rings. The fourth-order valence-corrected chi connectivity index (χ4v) is 0.702. The highest BCUT2D eigenvalue weighted by Crippen LogP contribution is 2.06. The minimum atomic E-state index is -1.15. The van der Waals surface area contributed by atoms with Crippen LogP contribution in [0.15, 0.2) is 0 Å². The molecule has 0 aromatic carbocycles. The Morgan fingerprint density at radius 2 is 1.45 bits per heavy atom. The van der Waals surface area contributed by atoms with E-state index in [2.05, 4.69) is 0 Å². The molecule has 4 unspecified atom stereocenters. The third-order valence-corrected chi connectivity index (χ3v) is 1.70. The highest BCUT2D eigenvalue weighted by Gasteiger charge is 2.26. The molecule has 0 amide bonds. The Morgan fingerprint density at radius 1 is 1.00 bits per heavy atom. The second-order valence-corrected chi connectivity index (χ2v) is 2.66. The Balaban J connectivity index is 3.90. The molecule has 0 heterocycles. The average Bonchev–Trinajstić information content (AvgIpc) is 2.00. The van der Waals surface area contributed by atoms with Gasteiger partial charge in [0.25, 0.3) is 0 Å². The van der Waals surface area contributed by atoms with Crippen LogP contribution in [0.2, 0.25) is 0 Å². The van der Waals surface area contributed by atoms with Crippen LogP contribution in [0.4, 0.5) is 0 Å². The van der Waals surface area contributed by atoms with Crippen molar-refractivity contribution in [3.05, 3.63) is 0 Å². The summed E-state index contributed by atoms with van der Waals surface area (Å²) in [5, 5.41) is 27.2. The van der Waals surface area contributed by atoms with E-state index in [9.17, 15) is 5.11 Å². The van der Waals surface area contributed by atoms with E-state index in [0.717, 1.165) is 0 Å². The third kappa shape index (κ3) is 3.16. The number of methoxy groups -OCH3 is 1. The van der Waals surface area contributed by atoms with Crippen LogP contribution in [0, 0.1) is 0 Å². The maximum atomic E-state index is 9.22. The first kappa shape index (κ1) is 10.8. The lowest BCUT2D eigenvalue weighted by molar-refractivity contribution is -0.104. The Kier molecular flexibility index (Phi) is 4.60. The Hall–Kier alpha value is -0.160. The summed E-state index contributed by atoms with van der Waals surface area (Å²) in [6.07, 6.45) is -3.60. The van der Waals surface area contributed by atoms with Crippen molar-refractivity contribution in [2.75, 3.05) is 7.11 Å². The molecule has 4 nitrogen and oxygen atoms in total. The van der Waals surface area contributed by atoms with Gasteiger partial charge in [0.2, 0.25) is 0 Å². The molecule has 0 aliphatic carbocycles. The lowest BCUT2D eigenvalue weighted by atomic mass is 10.1. The van der Waals surface area contributed by atoms with E-state index in [1.807, 2.05) is 0 Å². The van der Waals surface area contributed by atoms with Gasteiger partial charge in [0.1, 0.15) is 12.2 Å². The van der Waals surface area contributed by atoms with Crippen LogP contribution < -0.4 is 0 Å². The second-order valence-electron chi connectivity index (χ2n) is 2.66. The molecule has 0 aromatic heterocycles. The highest BCUT2D eigenvalue weighted by atomic mass is 16.5. The van der Waals surface area contributed by atoms with Gasteiger partial charge in [-0.25, -0.2) is 0 Å². The first-order valence-corrected chi connectivity index (χ1v) is 3.57. The van der Waals surface area contributed by atoms with Gasteiger partial charge in [-0.15, -0.1) is 0 Å². The first-order chi connectivity index (χ1) is 5.00. The Bertz CT molecular complexity index is 105. The molecule has 0 saturated heterocycles. The van der Waals surface area contributed by atoms with Crippen molar-refractivity contribution >= 4 is 0 Å². The molecule has 0 aliphatic heterocycles. The standard InChI is InChI=1S/C7H16O4/c1-4(8)6(9)7(10)5(2)11-3/h4-10H,1-3H3. The summed E-state index contributed by atoms with van der Waals surface area (Å²) in [4.78, 5) is 0. The normalized spacial score (nSPS) is 22.4. The smallest absolute Gasteiger partial charge is 0.108 e. The van der Waals surface area contributed by atoms with Crippen molar-refractivity contribution in [2.24, 2.45) is 0 Å². The van der Waals surface area contributed by atoms with Gasteiger partial charge in [0, 0.05) is 7.11 Å². The predicted molar refractivity (Wildman–Crippen MR) is 40.2 cm³/mol. The molecule has 0 rings (SSSR count). The first-order valence-electron chi connectivity index (χ1n) is 3.57. The van der Waals surface area contributed by atoms with Crippen molar-refractivity contribution < 1.29 is 20.1 Å². The number of ether oxygens (including phenoxy) is 1. The highest BCUT2D eigenvalue weighted by molar-refractivity contribution is 4.76. The summed E-state index contributed by atoms with van der Waals surface area (Å²) >= 11 is 0. The minimum Gasteiger partial charge on any atom is -0.391 e. The van der Waals surface area contributed by atoms with Gasteiger partial charge in [-0.1, -0.05) is 0 Å². The summed E-state index contributed by atoms with van der Waals surface area (Å²) < 4.78 is 4.76. The zero-order chi connectivity index (χ0) is 9.02. The lowest BCUT2D eigenvalue weighted by Crippen LogP contribution is -2.42. The fraction of sp³-hybridized carbons (Fsp3) is 1.00. The maximum Gasteiger partial charge on any atom is 0.108 e. The Morgan fingerprint density at radius 3 is 1.73 bits per heavy atom. The molecular formula is C7H16O4. The van der Waals surface area contributed by atoms with Crippen molar-refractivity contribution in [1.82, 2.24) is 0 Å². The summed E-state index contributed by atoms with van der Waals surface area (Å²) in [5.74, 6) is 0. The van der Waals surface area contributed by atoms with E-state index in [1.54, 1.807) is 6.92 Å². The van der Waals surface area contributed by atoms with Gasteiger partial charge in [-0.05, 0) is 13.8 Å². The van der Waals surface area contributed by atoms with Gasteiger partial charge in [0.05, 0.1) is 12.2 Å². The van der Waals surface area contributed by atoms with Crippen LogP contribution in [-0.4, -0.2) is 46.8 Å². The molecule has 0 radical (unpaired) electrons. The fourth-order valence-electron chi connectivity index (χ4n) is 0.702. The quantitative estimate of drug-likeness (QED) is 0.505. The molecule has 0 spiro atoms. The van der Waals surface area contributed by atoms with Crippen LogP contribution in [0.1, 0.15) is 13.8 Å². The summed E-state index contributed by atoms with van der Waals surface area (Å²) in [7, 11) is 1.43. The Labute approximate surface area is 66.4 Å². The minimum absolute atomic E-state index is 0.473. The van der Waals surface area contributed by atoms with E-state index >= 15 is 0 Å². The van der Waals surface area contributed by atoms with E-state index in [1.165, 1.54) is 14.0 Å². The van der Waals surface area contributed by atoms with Gasteiger partial charge in [-0.2, -0.15) is 0 Å². The molecule has 68 valence electrons. The van der Waals surface area contributed by atoms with Gasteiger partial charge in [-0.3, -0.25) is 0 Å². The van der Waals surface area contributed by atoms with E-state index in [4.69, 9.17) is 14.9 Å². The number of hydrogen-bond donors (Lipinski definition) is 3. The number of rotatable bonds is 4. The molecule has 0 saturated carbocycles. The van der Waals surface area contributed by atoms with Crippen LogP contribution in [0.5, 0.6) is 0 Å². The lowest BCUT2D eigenvalue weighted by Gasteiger charge is -2.24. The van der Waals surface area contributed by atoms with E-state index in [-0.39, 0.29) is 0 Å². The summed E-state index contributed by atoms with van der Waals surface area (Å²) in [6.45, 7) is 3.03. The number of aliphatic hydroxyl groups excluding tert-OH is 3. The molecule has 11 heavy (non-hydrogen) atoms. The van der Waals surface area contributed by atoms with Crippen molar-refractivity contribution in [2.45, 2.75) is 38.3 Å². The second kappa shape index (κ2) is 4.66. The zero-order valence-electron chi connectivity index (χ0n) is 7.06. The summed E-state index contributed by atoms with van der Waals surface area (Å²) in [6, 6.07) is 0. The van der Waals surface area contributed by atoms with Gasteiger partial charge in [0.15, 0.2) is 0 Å². The molecule has 4 atom stereocenters. The van der Waals surface area contributed by atoms with Crippen molar-refractivity contribution in [3.8, 4) is 0 Å². The third-order valence-electron chi connectivity index (χ3n) is 1.70. The van der Waals surface area contributed by atoms with Crippen molar-refractivity contribution in [1.29, 1.82) is 0 Å². The number of aliphatic hydroxyl groups is 3. The molecule has 4 heteroatoms. The number of hydrogen-bond acceptors (Lipinski definition) is 4.